The predicted molar refractivity (Wildman–Crippen MR) is 83.5 cm³/mol. The van der Waals surface area contributed by atoms with Crippen LogP contribution in [0.1, 0.15) is 21.5 Å². The molecule has 106 valence electrons. The third kappa shape index (κ3) is 2.33. The Hall–Kier alpha value is -2.82. The minimum Gasteiger partial charge on any atom is -0.397 e. The smallest absolute Gasteiger partial charge is 0.259 e. The number of anilines is 2. The first-order valence-corrected chi connectivity index (χ1v) is 6.66. The number of amides is 1. The summed E-state index contributed by atoms with van der Waals surface area (Å²) in [4.78, 5) is 12.4. The largest absolute Gasteiger partial charge is 0.397 e. The minimum absolute atomic E-state index is 0.217. The molecule has 0 aliphatic carbocycles. The highest BCUT2D eigenvalue weighted by Crippen LogP contribution is 2.24. The minimum atomic E-state index is -0.217. The van der Waals surface area contributed by atoms with E-state index in [9.17, 15) is 4.79 Å². The van der Waals surface area contributed by atoms with Gasteiger partial charge < -0.3 is 11.1 Å². The zero-order chi connectivity index (χ0) is 15.0. The number of hydrogen-bond acceptors (Lipinski definition) is 3. The van der Waals surface area contributed by atoms with Crippen LogP contribution in [0.3, 0.4) is 0 Å². The van der Waals surface area contributed by atoms with E-state index < -0.39 is 0 Å². The van der Waals surface area contributed by atoms with E-state index in [2.05, 4.69) is 10.4 Å². The van der Waals surface area contributed by atoms with Crippen LogP contribution < -0.4 is 11.1 Å². The monoisotopic (exact) mass is 280 g/mol. The van der Waals surface area contributed by atoms with Crippen LogP contribution in [0.25, 0.3) is 5.52 Å². The number of aromatic nitrogens is 2. The molecule has 0 atom stereocenters. The Morgan fingerprint density at radius 3 is 2.81 bits per heavy atom. The lowest BCUT2D eigenvalue weighted by Gasteiger charge is -2.10. The van der Waals surface area contributed by atoms with Gasteiger partial charge in [-0.05, 0) is 49.2 Å². The highest BCUT2D eigenvalue weighted by molar-refractivity contribution is 6.09. The van der Waals surface area contributed by atoms with Gasteiger partial charge in [0.2, 0.25) is 0 Å². The molecule has 3 aromatic rings. The fourth-order valence-corrected chi connectivity index (χ4v) is 2.25. The lowest BCUT2D eigenvalue weighted by Crippen LogP contribution is -2.13. The van der Waals surface area contributed by atoms with Gasteiger partial charge in [-0.15, -0.1) is 0 Å². The number of pyridine rings is 1. The molecule has 0 saturated carbocycles. The van der Waals surface area contributed by atoms with Gasteiger partial charge in [-0.25, -0.2) is 4.52 Å². The van der Waals surface area contributed by atoms with Crippen LogP contribution in [0, 0.1) is 13.8 Å². The topological polar surface area (TPSA) is 72.4 Å². The Morgan fingerprint density at radius 1 is 1.24 bits per heavy atom. The van der Waals surface area contributed by atoms with Gasteiger partial charge in [0, 0.05) is 6.20 Å². The normalized spacial score (nSPS) is 10.8. The van der Waals surface area contributed by atoms with Crippen molar-refractivity contribution in [2.75, 3.05) is 11.1 Å². The molecule has 2 heterocycles. The van der Waals surface area contributed by atoms with Crippen molar-refractivity contribution < 1.29 is 4.79 Å². The molecule has 0 spiro atoms. The third-order valence-electron chi connectivity index (χ3n) is 3.59. The number of fused-ring (bicyclic) bond motifs is 1. The van der Waals surface area contributed by atoms with Crippen molar-refractivity contribution in [2.24, 2.45) is 0 Å². The lowest BCUT2D eigenvalue weighted by atomic mass is 10.1. The zero-order valence-electron chi connectivity index (χ0n) is 11.9. The quantitative estimate of drug-likeness (QED) is 0.709. The van der Waals surface area contributed by atoms with Crippen LogP contribution in [0.15, 0.2) is 42.7 Å². The first kappa shape index (κ1) is 13.2. The summed E-state index contributed by atoms with van der Waals surface area (Å²) in [5, 5.41) is 7.02. The van der Waals surface area contributed by atoms with Gasteiger partial charge in [-0.2, -0.15) is 5.10 Å². The van der Waals surface area contributed by atoms with E-state index in [1.807, 2.05) is 44.2 Å². The second-order valence-electron chi connectivity index (χ2n) is 5.07. The molecule has 0 aliphatic heterocycles. The summed E-state index contributed by atoms with van der Waals surface area (Å²) < 4.78 is 1.67. The molecule has 2 aromatic heterocycles. The van der Waals surface area contributed by atoms with Crippen molar-refractivity contribution in [3.05, 3.63) is 59.4 Å². The van der Waals surface area contributed by atoms with E-state index in [0.717, 1.165) is 16.6 Å². The summed E-state index contributed by atoms with van der Waals surface area (Å²) in [6.07, 6.45) is 3.36. The SMILES string of the molecule is Cc1cc(N)c(NC(=O)c2cnn3ccccc23)cc1C. The molecule has 0 saturated heterocycles. The molecule has 5 nitrogen and oxygen atoms in total. The average Bonchev–Trinajstić information content (AvgIpc) is 2.88. The number of nitrogens with two attached hydrogens (primary N) is 1. The Balaban J connectivity index is 1.95. The fraction of sp³-hybridized carbons (Fsp3) is 0.125. The first-order valence-electron chi connectivity index (χ1n) is 6.66. The molecule has 0 unspecified atom stereocenters. The molecule has 0 fully saturated rings. The number of benzene rings is 1. The summed E-state index contributed by atoms with van der Waals surface area (Å²) in [5.41, 5.74) is 10.6. The van der Waals surface area contributed by atoms with Crippen molar-refractivity contribution in [1.82, 2.24) is 9.61 Å². The van der Waals surface area contributed by atoms with E-state index in [1.165, 1.54) is 0 Å². The van der Waals surface area contributed by atoms with Crippen LogP contribution >= 0.6 is 0 Å². The molecule has 21 heavy (non-hydrogen) atoms. The molecular weight excluding hydrogens is 264 g/mol. The maximum absolute atomic E-state index is 12.4. The average molecular weight is 280 g/mol. The molecule has 3 N–H and O–H groups in total. The maximum Gasteiger partial charge on any atom is 0.259 e. The number of carbonyl (C=O) groups excluding carboxylic acids is 1. The molecule has 1 aromatic carbocycles. The van der Waals surface area contributed by atoms with Gasteiger partial charge in [0.05, 0.1) is 28.7 Å². The highest BCUT2D eigenvalue weighted by Gasteiger charge is 2.14. The van der Waals surface area contributed by atoms with E-state index >= 15 is 0 Å². The second-order valence-corrected chi connectivity index (χ2v) is 5.07. The fourth-order valence-electron chi connectivity index (χ4n) is 2.25. The van der Waals surface area contributed by atoms with E-state index in [4.69, 9.17) is 5.73 Å². The zero-order valence-corrected chi connectivity index (χ0v) is 11.9. The molecular formula is C16H16N4O. The number of hydrogen-bond donors (Lipinski definition) is 2. The standard InChI is InChI=1S/C16H16N4O/c1-10-7-13(17)14(8-11(10)2)19-16(21)12-9-18-20-6-4-3-5-15(12)20/h3-9H,17H2,1-2H3,(H,19,21). The summed E-state index contributed by atoms with van der Waals surface area (Å²) in [6.45, 7) is 3.97. The van der Waals surface area contributed by atoms with Crippen LogP contribution in [0.2, 0.25) is 0 Å². The van der Waals surface area contributed by atoms with E-state index in [0.29, 0.717) is 16.9 Å². The van der Waals surface area contributed by atoms with Gasteiger partial charge >= 0.3 is 0 Å². The van der Waals surface area contributed by atoms with Crippen molar-refractivity contribution in [3.63, 3.8) is 0 Å². The Kier molecular flexibility index (Phi) is 3.10. The number of carbonyl (C=O) groups is 1. The summed E-state index contributed by atoms with van der Waals surface area (Å²) in [7, 11) is 0. The number of aryl methyl sites for hydroxylation is 2. The van der Waals surface area contributed by atoms with Crippen molar-refractivity contribution in [3.8, 4) is 0 Å². The van der Waals surface area contributed by atoms with E-state index in [-0.39, 0.29) is 5.91 Å². The summed E-state index contributed by atoms with van der Waals surface area (Å²) in [6, 6.07) is 9.34. The van der Waals surface area contributed by atoms with Crippen molar-refractivity contribution in [1.29, 1.82) is 0 Å². The molecule has 0 radical (unpaired) electrons. The number of nitrogens with zero attached hydrogens (tertiary/aromatic N) is 2. The molecule has 0 aliphatic rings. The van der Waals surface area contributed by atoms with Gasteiger partial charge in [-0.3, -0.25) is 4.79 Å². The number of rotatable bonds is 2. The Bertz CT molecular complexity index is 835. The Labute approximate surface area is 122 Å². The van der Waals surface area contributed by atoms with Gasteiger partial charge in [0.15, 0.2) is 0 Å². The summed E-state index contributed by atoms with van der Waals surface area (Å²) in [5.74, 6) is -0.217. The molecule has 5 heteroatoms. The van der Waals surface area contributed by atoms with Crippen LogP contribution in [-0.4, -0.2) is 15.5 Å². The second kappa shape index (κ2) is 4.94. The predicted octanol–water partition coefficient (Wildman–Crippen LogP) is 2.79. The maximum atomic E-state index is 12.4. The van der Waals surface area contributed by atoms with Crippen LogP contribution in [-0.2, 0) is 0 Å². The first-order chi connectivity index (χ1) is 10.1. The van der Waals surface area contributed by atoms with Crippen LogP contribution in [0.4, 0.5) is 11.4 Å². The summed E-state index contributed by atoms with van der Waals surface area (Å²) >= 11 is 0. The number of nitrogen functional groups attached to an aromatic ring is 1. The Morgan fingerprint density at radius 2 is 2.00 bits per heavy atom. The van der Waals surface area contributed by atoms with Crippen molar-refractivity contribution in [2.45, 2.75) is 13.8 Å². The van der Waals surface area contributed by atoms with Crippen LogP contribution in [0.5, 0.6) is 0 Å². The molecule has 0 bridgehead atoms. The van der Waals surface area contributed by atoms with Gasteiger partial charge in [0.1, 0.15) is 0 Å². The molecule has 3 rings (SSSR count). The number of nitrogens with one attached hydrogen (secondary N) is 1. The lowest BCUT2D eigenvalue weighted by molar-refractivity contribution is 0.102. The van der Waals surface area contributed by atoms with Crippen molar-refractivity contribution >= 4 is 22.8 Å². The third-order valence-corrected chi connectivity index (χ3v) is 3.59. The van der Waals surface area contributed by atoms with Gasteiger partial charge in [-0.1, -0.05) is 6.07 Å². The highest BCUT2D eigenvalue weighted by atomic mass is 16.1. The van der Waals surface area contributed by atoms with Gasteiger partial charge in [0.25, 0.3) is 5.91 Å². The molecule has 1 amide bonds. The van der Waals surface area contributed by atoms with E-state index in [1.54, 1.807) is 16.9 Å².